The average Bonchev–Trinajstić information content (AvgIpc) is 3.15. The van der Waals surface area contributed by atoms with E-state index in [2.05, 4.69) is 9.97 Å². The van der Waals surface area contributed by atoms with Gasteiger partial charge in [0, 0.05) is 24.2 Å². The molecule has 5 nitrogen and oxygen atoms in total. The molecule has 0 saturated heterocycles. The molecular weight excluding hydrogens is 262 g/mol. The first-order valence-electron chi connectivity index (χ1n) is 8.30. The third kappa shape index (κ3) is 1.15. The molecule has 0 saturated carbocycles. The van der Waals surface area contributed by atoms with Crippen LogP contribution in [0.25, 0.3) is 33.6 Å². The second kappa shape index (κ2) is 3.49. The van der Waals surface area contributed by atoms with Crippen LogP contribution in [-0.2, 0) is 20.6 Å². The van der Waals surface area contributed by atoms with Crippen molar-refractivity contribution in [1.82, 2.24) is 19.1 Å². The van der Waals surface area contributed by atoms with Crippen LogP contribution in [0.15, 0.2) is 36.8 Å². The molecule has 102 valence electrons. The predicted molar refractivity (Wildman–Crippen MR) is 79.7 cm³/mol. The van der Waals surface area contributed by atoms with E-state index in [1.807, 2.05) is 34.4 Å². The van der Waals surface area contributed by atoms with Gasteiger partial charge in [0.2, 0.25) is 0 Å². The Hall–Kier alpha value is -2.69. The Labute approximate surface area is 125 Å². The number of pyridine rings is 2. The molecule has 0 atom stereocenters. The molecule has 5 heteroatoms. The van der Waals surface area contributed by atoms with Crippen LogP contribution in [0.1, 0.15) is 9.68 Å². The van der Waals surface area contributed by atoms with Crippen LogP contribution in [-0.4, -0.2) is 19.1 Å². The minimum Gasteiger partial charge on any atom is -0.264 e. The molecule has 0 spiro atoms. The number of nitrogens with zero attached hydrogens (tertiary/aromatic N) is 5. The van der Waals surface area contributed by atoms with E-state index in [0.717, 1.165) is 27.8 Å². The standard InChI is InChI=1S/C16H14N5/c1-19-12-5-7-17-8-11(12)14-16(19)21-9-10-4-3-6-18-13(10)15(21)20(14)2/h3-8H,9H2,1-2H3/q+1/i2D3. The number of imidazole rings is 1. The fourth-order valence-corrected chi connectivity index (χ4v) is 3.43. The molecule has 4 aromatic heterocycles. The van der Waals surface area contributed by atoms with Crippen LogP contribution in [0.5, 0.6) is 0 Å². The van der Waals surface area contributed by atoms with Crippen molar-refractivity contribution in [3.63, 3.8) is 0 Å². The van der Waals surface area contributed by atoms with Gasteiger partial charge in [0.25, 0.3) is 11.5 Å². The predicted octanol–water partition coefficient (Wildman–Crippen LogP) is 1.78. The van der Waals surface area contributed by atoms with E-state index < -0.39 is 6.98 Å². The topological polar surface area (TPSA) is 39.5 Å². The molecule has 0 unspecified atom stereocenters. The molecule has 21 heavy (non-hydrogen) atoms. The van der Waals surface area contributed by atoms with Crippen molar-refractivity contribution >= 4 is 22.1 Å². The number of rotatable bonds is 0. The normalized spacial score (nSPS) is 15.8. The van der Waals surface area contributed by atoms with Gasteiger partial charge in [-0.25, -0.2) is 9.55 Å². The van der Waals surface area contributed by atoms with Crippen molar-refractivity contribution in [2.24, 2.45) is 14.0 Å². The molecular formula is C16H14N5+. The van der Waals surface area contributed by atoms with E-state index in [-0.39, 0.29) is 0 Å². The highest BCUT2D eigenvalue weighted by atomic mass is 15.2. The van der Waals surface area contributed by atoms with Gasteiger partial charge in [-0.15, -0.1) is 0 Å². The molecule has 5 heterocycles. The lowest BCUT2D eigenvalue weighted by atomic mass is 10.2. The molecule has 0 aromatic carbocycles. The molecule has 0 N–H and O–H groups in total. The van der Waals surface area contributed by atoms with Gasteiger partial charge in [0.1, 0.15) is 11.2 Å². The second-order valence-electron chi connectivity index (χ2n) is 5.38. The number of aryl methyl sites for hydroxylation is 2. The maximum absolute atomic E-state index is 8.09. The first-order chi connectivity index (χ1) is 11.5. The Morgan fingerprint density at radius 3 is 3.14 bits per heavy atom. The van der Waals surface area contributed by atoms with Crippen molar-refractivity contribution in [2.75, 3.05) is 0 Å². The summed E-state index contributed by atoms with van der Waals surface area (Å²) < 4.78 is 29.8. The quantitative estimate of drug-likeness (QED) is 0.405. The van der Waals surface area contributed by atoms with Crippen LogP contribution < -0.4 is 4.57 Å². The van der Waals surface area contributed by atoms with E-state index in [0.29, 0.717) is 17.9 Å². The van der Waals surface area contributed by atoms with Crippen molar-refractivity contribution in [3.05, 3.63) is 42.4 Å². The van der Waals surface area contributed by atoms with Gasteiger partial charge in [-0.3, -0.25) is 14.1 Å². The first-order valence-corrected chi connectivity index (χ1v) is 6.80. The van der Waals surface area contributed by atoms with E-state index >= 15 is 0 Å². The zero-order valence-corrected chi connectivity index (χ0v) is 11.4. The van der Waals surface area contributed by atoms with Gasteiger partial charge in [0.15, 0.2) is 5.52 Å². The Morgan fingerprint density at radius 2 is 2.24 bits per heavy atom. The molecule has 0 radical (unpaired) electrons. The smallest absolute Gasteiger partial charge is 0.264 e. The van der Waals surface area contributed by atoms with Gasteiger partial charge in [0.05, 0.1) is 30.1 Å². The second-order valence-corrected chi connectivity index (χ2v) is 5.38. The van der Waals surface area contributed by atoms with E-state index in [1.165, 1.54) is 4.57 Å². The van der Waals surface area contributed by atoms with Crippen molar-refractivity contribution < 1.29 is 8.68 Å². The van der Waals surface area contributed by atoms with Crippen LogP contribution in [0.3, 0.4) is 0 Å². The van der Waals surface area contributed by atoms with Crippen molar-refractivity contribution in [3.8, 4) is 11.5 Å². The molecule has 0 bridgehead atoms. The van der Waals surface area contributed by atoms with Crippen LogP contribution >= 0.6 is 0 Å². The third-order valence-electron chi connectivity index (χ3n) is 4.32. The number of hydrogen-bond donors (Lipinski definition) is 0. The largest absolute Gasteiger partial charge is 0.269 e. The monoisotopic (exact) mass is 279 g/mol. The Morgan fingerprint density at radius 1 is 1.29 bits per heavy atom. The van der Waals surface area contributed by atoms with E-state index in [1.54, 1.807) is 18.6 Å². The maximum Gasteiger partial charge on any atom is 0.269 e. The minimum atomic E-state index is -2.30. The van der Waals surface area contributed by atoms with Gasteiger partial charge >= 0.3 is 0 Å². The number of fused-ring (bicyclic) bond motifs is 7. The lowest BCUT2D eigenvalue weighted by Gasteiger charge is -1.97. The SMILES string of the molecule is [2H]C([2H])([2H])n1c2[n+](c3c1c1cnccc1n3C)Cc1cccnc1-2. The lowest BCUT2D eigenvalue weighted by Crippen LogP contribution is -2.33. The lowest BCUT2D eigenvalue weighted by molar-refractivity contribution is -0.648. The molecule has 1 aliphatic heterocycles. The van der Waals surface area contributed by atoms with Crippen molar-refractivity contribution in [1.29, 1.82) is 0 Å². The number of hydrogen-bond acceptors (Lipinski definition) is 2. The number of aromatic nitrogens is 5. The summed E-state index contributed by atoms with van der Waals surface area (Å²) in [5.74, 6) is 0.636. The van der Waals surface area contributed by atoms with Gasteiger partial charge in [-0.1, -0.05) is 6.07 Å². The third-order valence-corrected chi connectivity index (χ3v) is 4.32. The zero-order chi connectivity index (χ0) is 16.6. The van der Waals surface area contributed by atoms with Gasteiger partial charge in [-0.05, 0) is 12.1 Å². The fraction of sp³-hybridized carbons (Fsp3) is 0.188. The van der Waals surface area contributed by atoms with E-state index in [9.17, 15) is 0 Å². The summed E-state index contributed by atoms with van der Waals surface area (Å²) in [6.07, 6.45) is 5.16. The van der Waals surface area contributed by atoms with Crippen LogP contribution in [0.4, 0.5) is 0 Å². The molecule has 1 aliphatic rings. The maximum atomic E-state index is 8.09. The highest BCUT2D eigenvalue weighted by Gasteiger charge is 2.35. The summed E-state index contributed by atoms with van der Waals surface area (Å²) in [5, 5.41) is 0.838. The fourth-order valence-electron chi connectivity index (χ4n) is 3.43. The zero-order valence-electron chi connectivity index (χ0n) is 14.4. The highest BCUT2D eigenvalue weighted by molar-refractivity contribution is 6.04. The summed E-state index contributed by atoms with van der Waals surface area (Å²) in [4.78, 5) is 8.63. The summed E-state index contributed by atoms with van der Waals surface area (Å²) in [6, 6.07) is 5.79. The van der Waals surface area contributed by atoms with Gasteiger partial charge in [-0.2, -0.15) is 0 Å². The molecule has 4 aromatic rings. The van der Waals surface area contributed by atoms with Crippen molar-refractivity contribution in [2.45, 2.75) is 6.54 Å². The summed E-state index contributed by atoms with van der Waals surface area (Å²) in [6.45, 7) is -1.68. The van der Waals surface area contributed by atoms with E-state index in [4.69, 9.17) is 4.11 Å². The first kappa shape index (κ1) is 8.56. The minimum absolute atomic E-state index is 0.621. The average molecular weight is 279 g/mol. The highest BCUT2D eigenvalue weighted by Crippen LogP contribution is 2.33. The molecule has 0 fully saturated rings. The molecule has 0 aliphatic carbocycles. The Kier molecular flexibility index (Phi) is 1.42. The summed E-state index contributed by atoms with van der Waals surface area (Å²) in [5.41, 5.74) is 4.30. The Bertz CT molecular complexity index is 1140. The summed E-state index contributed by atoms with van der Waals surface area (Å²) in [7, 11) is 1.96. The Balaban J connectivity index is 2.05. The molecule has 0 amide bonds. The van der Waals surface area contributed by atoms with Crippen LogP contribution in [0.2, 0.25) is 0 Å². The van der Waals surface area contributed by atoms with Gasteiger partial charge < -0.3 is 0 Å². The van der Waals surface area contributed by atoms with Crippen LogP contribution in [0, 0.1) is 0 Å². The summed E-state index contributed by atoms with van der Waals surface area (Å²) >= 11 is 0. The molecule has 5 rings (SSSR count).